The fourth-order valence-corrected chi connectivity index (χ4v) is 2.89. The number of rotatable bonds is 4. The Hall–Kier alpha value is -2.86. The van der Waals surface area contributed by atoms with Crippen molar-refractivity contribution in [2.75, 3.05) is 25.0 Å². The Morgan fingerprint density at radius 3 is 2.54 bits per heavy atom. The molecule has 2 aromatic rings. The van der Waals surface area contributed by atoms with E-state index in [-0.39, 0.29) is 30.8 Å². The molecule has 0 saturated heterocycles. The van der Waals surface area contributed by atoms with Crippen LogP contribution in [0.1, 0.15) is 15.9 Å². The van der Waals surface area contributed by atoms with E-state index in [1.54, 1.807) is 43.4 Å². The van der Waals surface area contributed by atoms with Gasteiger partial charge in [0.05, 0.1) is 11.3 Å². The average molecular weight is 372 g/mol. The fraction of sp³-hybridized carbons (Fsp3) is 0.211. The van der Waals surface area contributed by atoms with Crippen LogP contribution in [-0.2, 0) is 16.1 Å². The van der Waals surface area contributed by atoms with Crippen molar-refractivity contribution < 1.29 is 14.4 Å². The summed E-state index contributed by atoms with van der Waals surface area (Å²) < 4.78 is 0. The van der Waals surface area contributed by atoms with Gasteiger partial charge in [0.2, 0.25) is 11.8 Å². The predicted molar refractivity (Wildman–Crippen MR) is 99.1 cm³/mol. The zero-order valence-electron chi connectivity index (χ0n) is 14.2. The lowest BCUT2D eigenvalue weighted by Crippen LogP contribution is -2.43. The molecule has 0 aromatic heterocycles. The molecule has 6 nitrogen and oxygen atoms in total. The van der Waals surface area contributed by atoms with E-state index >= 15 is 0 Å². The van der Waals surface area contributed by atoms with Crippen LogP contribution >= 0.6 is 11.6 Å². The highest BCUT2D eigenvalue weighted by Crippen LogP contribution is 2.24. The first-order valence-electron chi connectivity index (χ1n) is 8.11. The van der Waals surface area contributed by atoms with Crippen molar-refractivity contribution in [2.45, 2.75) is 6.54 Å². The van der Waals surface area contributed by atoms with Crippen molar-refractivity contribution in [1.82, 2.24) is 10.2 Å². The first kappa shape index (κ1) is 17.9. The Morgan fingerprint density at radius 2 is 1.81 bits per heavy atom. The van der Waals surface area contributed by atoms with Crippen LogP contribution in [0.25, 0.3) is 0 Å². The van der Waals surface area contributed by atoms with E-state index in [9.17, 15) is 14.4 Å². The summed E-state index contributed by atoms with van der Waals surface area (Å²) in [4.78, 5) is 40.0. The molecule has 0 atom stereocenters. The average Bonchev–Trinajstić information content (AvgIpc) is 2.72. The van der Waals surface area contributed by atoms with Crippen LogP contribution < -0.4 is 10.2 Å². The maximum Gasteiger partial charge on any atom is 0.256 e. The molecule has 2 aromatic carbocycles. The van der Waals surface area contributed by atoms with Crippen molar-refractivity contribution >= 4 is 35.0 Å². The van der Waals surface area contributed by atoms with Crippen molar-refractivity contribution in [3.63, 3.8) is 0 Å². The summed E-state index contributed by atoms with van der Waals surface area (Å²) in [6, 6.07) is 14.0. The van der Waals surface area contributed by atoms with E-state index in [1.165, 1.54) is 9.80 Å². The van der Waals surface area contributed by atoms with Gasteiger partial charge in [-0.2, -0.15) is 0 Å². The fourth-order valence-electron chi connectivity index (χ4n) is 2.77. The van der Waals surface area contributed by atoms with Gasteiger partial charge in [-0.05, 0) is 29.8 Å². The lowest BCUT2D eigenvalue weighted by molar-refractivity contribution is -0.124. The number of nitrogens with zero attached hydrogens (tertiary/aromatic N) is 2. The molecule has 0 bridgehead atoms. The van der Waals surface area contributed by atoms with Crippen LogP contribution in [0.5, 0.6) is 0 Å². The third kappa shape index (κ3) is 3.86. The molecule has 7 heteroatoms. The highest BCUT2D eigenvalue weighted by atomic mass is 35.5. The molecule has 3 rings (SSSR count). The molecule has 0 radical (unpaired) electrons. The summed E-state index contributed by atoms with van der Waals surface area (Å²) in [5, 5.41) is 3.41. The number of likely N-dealkylation sites (N-methyl/N-ethyl adjacent to an activating group) is 1. The smallest absolute Gasteiger partial charge is 0.256 e. The number of fused-ring (bicyclic) bond motifs is 1. The van der Waals surface area contributed by atoms with E-state index in [4.69, 9.17) is 11.6 Å². The summed E-state index contributed by atoms with van der Waals surface area (Å²) >= 11 is 5.84. The molecule has 1 aliphatic heterocycles. The third-order valence-electron chi connectivity index (χ3n) is 4.15. The van der Waals surface area contributed by atoms with Gasteiger partial charge in [0, 0.05) is 18.6 Å². The molecular weight excluding hydrogens is 354 g/mol. The highest BCUT2D eigenvalue weighted by molar-refractivity contribution is 6.30. The number of hydrogen-bond acceptors (Lipinski definition) is 3. The standard InChI is InChI=1S/C19H18ClN3O3/c1-22-12-18(25)23(16-5-3-2-4-15(16)19(22)26)11-17(24)21-10-13-6-8-14(20)9-7-13/h2-9H,10-12H2,1H3,(H,21,24). The van der Waals surface area contributed by atoms with Crippen LogP contribution in [0.2, 0.25) is 5.02 Å². The van der Waals surface area contributed by atoms with Gasteiger partial charge in [0.1, 0.15) is 13.1 Å². The lowest BCUT2D eigenvalue weighted by Gasteiger charge is -2.21. The number of benzene rings is 2. The van der Waals surface area contributed by atoms with E-state index < -0.39 is 0 Å². The Bertz CT molecular complexity index is 851. The molecule has 1 aliphatic rings. The predicted octanol–water partition coefficient (Wildman–Crippen LogP) is 2.08. The molecule has 0 saturated carbocycles. The second kappa shape index (κ2) is 7.58. The number of para-hydroxylation sites is 1. The largest absolute Gasteiger partial charge is 0.350 e. The molecule has 1 heterocycles. The monoisotopic (exact) mass is 371 g/mol. The van der Waals surface area contributed by atoms with Gasteiger partial charge >= 0.3 is 0 Å². The van der Waals surface area contributed by atoms with Crippen molar-refractivity contribution in [1.29, 1.82) is 0 Å². The Kier molecular flexibility index (Phi) is 5.23. The Balaban J connectivity index is 1.74. The third-order valence-corrected chi connectivity index (χ3v) is 4.40. The molecule has 0 fully saturated rings. The molecule has 0 aliphatic carbocycles. The second-order valence-electron chi connectivity index (χ2n) is 6.06. The quantitative estimate of drug-likeness (QED) is 0.894. The van der Waals surface area contributed by atoms with Crippen LogP contribution in [-0.4, -0.2) is 42.8 Å². The number of carbonyl (C=O) groups is 3. The summed E-state index contributed by atoms with van der Waals surface area (Å²) in [6.45, 7) is 0.112. The van der Waals surface area contributed by atoms with E-state index in [2.05, 4.69) is 5.32 Å². The zero-order chi connectivity index (χ0) is 18.7. The normalized spacial score (nSPS) is 14.1. The maximum absolute atomic E-state index is 12.5. The van der Waals surface area contributed by atoms with Crippen molar-refractivity contribution in [2.24, 2.45) is 0 Å². The molecule has 26 heavy (non-hydrogen) atoms. The van der Waals surface area contributed by atoms with Crippen LogP contribution in [0.4, 0.5) is 5.69 Å². The van der Waals surface area contributed by atoms with Gasteiger partial charge in [-0.15, -0.1) is 0 Å². The molecule has 0 unspecified atom stereocenters. The van der Waals surface area contributed by atoms with Gasteiger partial charge in [0.25, 0.3) is 5.91 Å². The van der Waals surface area contributed by atoms with Crippen molar-refractivity contribution in [3.05, 3.63) is 64.7 Å². The minimum Gasteiger partial charge on any atom is -0.350 e. The summed E-state index contributed by atoms with van der Waals surface area (Å²) in [5.74, 6) is -0.842. The molecular formula is C19H18ClN3O3. The van der Waals surface area contributed by atoms with Crippen LogP contribution in [0, 0.1) is 0 Å². The summed E-state index contributed by atoms with van der Waals surface area (Å²) in [5.41, 5.74) is 1.76. The van der Waals surface area contributed by atoms with E-state index in [1.807, 2.05) is 12.1 Å². The maximum atomic E-state index is 12.5. The van der Waals surface area contributed by atoms with Gasteiger partial charge in [-0.25, -0.2) is 0 Å². The first-order valence-corrected chi connectivity index (χ1v) is 8.49. The number of carbonyl (C=O) groups excluding carboxylic acids is 3. The minimum atomic E-state index is -0.305. The molecule has 1 N–H and O–H groups in total. The zero-order valence-corrected chi connectivity index (χ0v) is 15.0. The number of anilines is 1. The van der Waals surface area contributed by atoms with Gasteiger partial charge < -0.3 is 15.1 Å². The van der Waals surface area contributed by atoms with Crippen molar-refractivity contribution in [3.8, 4) is 0 Å². The molecule has 134 valence electrons. The molecule has 0 spiro atoms. The number of amides is 3. The van der Waals surface area contributed by atoms with E-state index in [0.29, 0.717) is 22.8 Å². The Morgan fingerprint density at radius 1 is 1.12 bits per heavy atom. The Labute approximate surface area is 156 Å². The second-order valence-corrected chi connectivity index (χ2v) is 6.50. The highest BCUT2D eigenvalue weighted by Gasteiger charge is 2.30. The van der Waals surface area contributed by atoms with E-state index in [0.717, 1.165) is 5.56 Å². The van der Waals surface area contributed by atoms with Gasteiger partial charge in [-0.3, -0.25) is 14.4 Å². The first-order chi connectivity index (χ1) is 12.5. The van der Waals surface area contributed by atoms with Gasteiger partial charge in [0.15, 0.2) is 0 Å². The molecule has 3 amide bonds. The number of nitrogens with one attached hydrogen (secondary N) is 1. The minimum absolute atomic E-state index is 0.0715. The summed E-state index contributed by atoms with van der Waals surface area (Å²) in [6.07, 6.45) is 0. The SMILES string of the molecule is CN1CC(=O)N(CC(=O)NCc2ccc(Cl)cc2)c2ccccc2C1=O. The summed E-state index contributed by atoms with van der Waals surface area (Å²) in [7, 11) is 1.57. The number of hydrogen-bond donors (Lipinski definition) is 1. The van der Waals surface area contributed by atoms with Crippen LogP contribution in [0.3, 0.4) is 0 Å². The number of halogens is 1. The lowest BCUT2D eigenvalue weighted by atomic mass is 10.1. The van der Waals surface area contributed by atoms with Gasteiger partial charge in [-0.1, -0.05) is 35.9 Å². The topological polar surface area (TPSA) is 69.7 Å². The van der Waals surface area contributed by atoms with Crippen LogP contribution in [0.15, 0.2) is 48.5 Å².